The summed E-state index contributed by atoms with van der Waals surface area (Å²) in [6, 6.07) is 19.6. The molecule has 0 atom stereocenters. The van der Waals surface area contributed by atoms with Gasteiger partial charge in [0.25, 0.3) is 0 Å². The molecule has 3 aromatic rings. The van der Waals surface area contributed by atoms with Gasteiger partial charge in [-0.1, -0.05) is 66.4 Å². The molecule has 0 spiro atoms. The molecule has 1 N–H and O–H groups in total. The summed E-state index contributed by atoms with van der Waals surface area (Å²) in [5.41, 5.74) is 2.65. The van der Waals surface area contributed by atoms with Crippen LogP contribution in [0.1, 0.15) is 0 Å². The average Bonchev–Trinajstić information content (AvgIpc) is 2.61. The molecule has 0 unspecified atom stereocenters. The summed E-state index contributed by atoms with van der Waals surface area (Å²) in [6.07, 6.45) is 1.13. The molecule has 0 saturated carbocycles. The Labute approximate surface area is 144 Å². The molecular formula is C20H13NO2S. The lowest BCUT2D eigenvalue weighted by atomic mass is 9.98. The van der Waals surface area contributed by atoms with Gasteiger partial charge in [0, 0.05) is 16.5 Å². The molecule has 0 radical (unpaired) electrons. The minimum atomic E-state index is -0.966. The van der Waals surface area contributed by atoms with E-state index >= 15 is 0 Å². The van der Waals surface area contributed by atoms with Crippen molar-refractivity contribution in [3.8, 4) is 11.1 Å². The molecule has 3 rings (SSSR count). The number of carboxylic acids is 1. The molecule has 0 aliphatic rings. The summed E-state index contributed by atoms with van der Waals surface area (Å²) in [4.78, 5) is 15.1. The van der Waals surface area contributed by atoms with E-state index in [9.17, 15) is 4.79 Å². The topological polar surface area (TPSA) is 41.7 Å². The van der Waals surface area contributed by atoms with Crippen LogP contribution in [0.15, 0.2) is 77.0 Å². The van der Waals surface area contributed by atoms with Crippen molar-refractivity contribution in [2.24, 2.45) is 0 Å². The second kappa shape index (κ2) is 7.03. The zero-order chi connectivity index (χ0) is 16.9. The minimum absolute atomic E-state index is 0.596. The van der Waals surface area contributed by atoms with Gasteiger partial charge in [0.2, 0.25) is 0 Å². The molecule has 24 heavy (non-hydrogen) atoms. The molecule has 0 heterocycles. The van der Waals surface area contributed by atoms with Crippen molar-refractivity contribution in [3.63, 3.8) is 0 Å². The van der Waals surface area contributed by atoms with E-state index in [-0.39, 0.29) is 0 Å². The number of hydrogen-bond acceptors (Lipinski definition) is 2. The summed E-state index contributed by atoms with van der Waals surface area (Å²) in [7, 11) is 0. The number of hydrogen-bond donors (Lipinski definition) is 1. The Kier molecular flexibility index (Phi) is 4.64. The van der Waals surface area contributed by atoms with Crippen LogP contribution in [-0.4, -0.2) is 11.1 Å². The predicted octanol–water partition coefficient (Wildman–Crippen LogP) is 5.75. The van der Waals surface area contributed by atoms with Gasteiger partial charge in [-0.15, -0.1) is 0 Å². The van der Waals surface area contributed by atoms with Crippen LogP contribution in [0.3, 0.4) is 0 Å². The highest BCUT2D eigenvalue weighted by Gasteiger charge is 2.10. The Morgan fingerprint density at radius 2 is 1.79 bits per heavy atom. The van der Waals surface area contributed by atoms with Crippen LogP contribution >= 0.6 is 11.8 Å². The first-order valence-electron chi connectivity index (χ1n) is 7.25. The summed E-state index contributed by atoms with van der Waals surface area (Å²) >= 11 is 1.37. The summed E-state index contributed by atoms with van der Waals surface area (Å²) in [5, 5.41) is 12.6. The van der Waals surface area contributed by atoms with Crippen molar-refractivity contribution in [3.05, 3.63) is 83.6 Å². The van der Waals surface area contributed by atoms with E-state index in [1.165, 1.54) is 11.8 Å². The highest BCUT2D eigenvalue weighted by Crippen LogP contribution is 2.38. The van der Waals surface area contributed by atoms with Crippen LogP contribution in [0, 0.1) is 6.57 Å². The van der Waals surface area contributed by atoms with Crippen LogP contribution in [-0.2, 0) is 4.79 Å². The van der Waals surface area contributed by atoms with E-state index < -0.39 is 5.97 Å². The average molecular weight is 331 g/mol. The predicted molar refractivity (Wildman–Crippen MR) is 98.3 cm³/mol. The van der Waals surface area contributed by atoms with Crippen molar-refractivity contribution in [1.29, 1.82) is 0 Å². The maximum absolute atomic E-state index is 10.7. The highest BCUT2D eigenvalue weighted by atomic mass is 32.2. The summed E-state index contributed by atoms with van der Waals surface area (Å²) < 4.78 is 0. The van der Waals surface area contributed by atoms with E-state index in [2.05, 4.69) is 10.9 Å². The highest BCUT2D eigenvalue weighted by molar-refractivity contribution is 8.02. The van der Waals surface area contributed by atoms with Crippen molar-refractivity contribution in [2.75, 3.05) is 0 Å². The zero-order valence-electron chi connectivity index (χ0n) is 12.6. The number of fused-ring (bicyclic) bond motifs is 1. The van der Waals surface area contributed by atoms with Gasteiger partial charge >= 0.3 is 5.97 Å². The van der Waals surface area contributed by atoms with E-state index in [4.69, 9.17) is 11.7 Å². The standard InChI is InChI=1S/C20H13NO2S/c1-21-16-9-6-15(7-10-16)20-17-5-3-2-4-14(17)8-11-18(20)24-13-12-19(22)23/h2-13H,(H,22,23)/b13-12+. The fraction of sp³-hybridized carbons (Fsp3) is 0. The third kappa shape index (κ3) is 3.32. The Morgan fingerprint density at radius 3 is 2.50 bits per heavy atom. The number of rotatable bonds is 4. The van der Waals surface area contributed by atoms with E-state index in [0.29, 0.717) is 5.69 Å². The molecule has 0 aromatic heterocycles. The molecule has 0 saturated heterocycles. The molecule has 0 aliphatic heterocycles. The number of nitrogens with zero attached hydrogens (tertiary/aromatic N) is 1. The van der Waals surface area contributed by atoms with Crippen LogP contribution in [0.25, 0.3) is 26.7 Å². The molecule has 4 heteroatoms. The van der Waals surface area contributed by atoms with Crippen molar-refractivity contribution in [2.45, 2.75) is 4.90 Å². The number of thioether (sulfide) groups is 1. The first kappa shape index (κ1) is 15.9. The third-order valence-electron chi connectivity index (χ3n) is 3.58. The second-order valence-corrected chi connectivity index (χ2v) is 6.03. The third-order valence-corrected chi connectivity index (χ3v) is 4.45. The van der Waals surface area contributed by atoms with Crippen molar-refractivity contribution >= 4 is 34.2 Å². The normalized spacial score (nSPS) is 10.8. The van der Waals surface area contributed by atoms with Gasteiger partial charge in [0.15, 0.2) is 5.69 Å². The fourth-order valence-electron chi connectivity index (χ4n) is 2.52. The first-order valence-corrected chi connectivity index (χ1v) is 8.13. The van der Waals surface area contributed by atoms with Crippen molar-refractivity contribution < 1.29 is 9.90 Å². The number of carbonyl (C=O) groups is 1. The van der Waals surface area contributed by atoms with Crippen LogP contribution in [0.4, 0.5) is 5.69 Å². The smallest absolute Gasteiger partial charge is 0.328 e. The first-order chi connectivity index (χ1) is 11.7. The number of benzene rings is 3. The quantitative estimate of drug-likeness (QED) is 0.376. The molecule has 0 fully saturated rings. The van der Waals surface area contributed by atoms with E-state index in [0.717, 1.165) is 32.9 Å². The second-order valence-electron chi connectivity index (χ2n) is 5.08. The lowest BCUT2D eigenvalue weighted by molar-refractivity contribution is -0.131. The van der Waals surface area contributed by atoms with Gasteiger partial charge in [-0.2, -0.15) is 0 Å². The lowest BCUT2D eigenvalue weighted by Gasteiger charge is -2.12. The Morgan fingerprint density at radius 1 is 1.04 bits per heavy atom. The van der Waals surface area contributed by atoms with Crippen LogP contribution < -0.4 is 0 Å². The maximum atomic E-state index is 10.7. The zero-order valence-corrected chi connectivity index (χ0v) is 13.5. The van der Waals surface area contributed by atoms with Gasteiger partial charge in [-0.25, -0.2) is 9.64 Å². The van der Waals surface area contributed by atoms with Gasteiger partial charge in [0.05, 0.1) is 6.57 Å². The van der Waals surface area contributed by atoms with Gasteiger partial charge in [-0.05, 0) is 27.8 Å². The van der Waals surface area contributed by atoms with Gasteiger partial charge in [-0.3, -0.25) is 0 Å². The number of aliphatic carboxylic acids is 1. The molecule has 0 bridgehead atoms. The van der Waals surface area contributed by atoms with Crippen molar-refractivity contribution in [1.82, 2.24) is 0 Å². The number of carboxylic acid groups (broad SMARTS) is 1. The lowest BCUT2D eigenvalue weighted by Crippen LogP contribution is -1.86. The van der Waals surface area contributed by atoms with E-state index in [1.807, 2.05) is 42.5 Å². The SMILES string of the molecule is [C-]#[N+]c1ccc(-c2c(S/C=C/C(=O)O)ccc3ccccc23)cc1. The summed E-state index contributed by atoms with van der Waals surface area (Å²) in [5.74, 6) is -0.966. The molecule has 3 aromatic carbocycles. The van der Waals surface area contributed by atoms with E-state index in [1.54, 1.807) is 17.5 Å². The molecular weight excluding hydrogens is 318 g/mol. The molecule has 0 aliphatic carbocycles. The molecule has 3 nitrogen and oxygen atoms in total. The molecule has 0 amide bonds. The Bertz CT molecular complexity index is 969. The fourth-order valence-corrected chi connectivity index (χ4v) is 3.34. The van der Waals surface area contributed by atoms with Gasteiger partial charge in [0.1, 0.15) is 0 Å². The Hall–Kier alpha value is -3.03. The van der Waals surface area contributed by atoms with Crippen LogP contribution in [0.5, 0.6) is 0 Å². The van der Waals surface area contributed by atoms with Gasteiger partial charge < -0.3 is 5.11 Å². The maximum Gasteiger partial charge on any atom is 0.328 e. The van der Waals surface area contributed by atoms with Crippen LogP contribution in [0.2, 0.25) is 0 Å². The minimum Gasteiger partial charge on any atom is -0.478 e. The monoisotopic (exact) mass is 331 g/mol. The Balaban J connectivity index is 2.16. The molecule has 116 valence electrons. The largest absolute Gasteiger partial charge is 0.478 e. The summed E-state index contributed by atoms with van der Waals surface area (Å²) in [6.45, 7) is 7.08.